The van der Waals surface area contributed by atoms with Gasteiger partial charge in [-0.15, -0.1) is 0 Å². The van der Waals surface area contributed by atoms with Gasteiger partial charge in [-0.05, 0) is 67.1 Å². The summed E-state index contributed by atoms with van der Waals surface area (Å²) in [5.41, 5.74) is 2.34. The summed E-state index contributed by atoms with van der Waals surface area (Å²) in [6.45, 7) is 4.23. The molecule has 0 heterocycles. The van der Waals surface area contributed by atoms with Crippen molar-refractivity contribution < 1.29 is 17.6 Å². The van der Waals surface area contributed by atoms with Crippen LogP contribution in [0.5, 0.6) is 0 Å². The van der Waals surface area contributed by atoms with Crippen LogP contribution in [0.3, 0.4) is 0 Å². The Balaban J connectivity index is 1.43. The van der Waals surface area contributed by atoms with Gasteiger partial charge in [0, 0.05) is 17.1 Å². The normalized spacial score (nSPS) is 22.5. The lowest BCUT2D eigenvalue weighted by Gasteiger charge is -2.29. The molecule has 1 atom stereocenters. The molecule has 0 nitrogen and oxygen atoms in total. The molecule has 0 amide bonds. The van der Waals surface area contributed by atoms with Crippen LogP contribution in [0.25, 0.3) is 17.2 Å². The molecular formula is C33H38F4. The smallest absolute Gasteiger partial charge is 0.166 e. The van der Waals surface area contributed by atoms with Gasteiger partial charge >= 0.3 is 0 Å². The van der Waals surface area contributed by atoms with Gasteiger partial charge < -0.3 is 0 Å². The summed E-state index contributed by atoms with van der Waals surface area (Å²) in [5, 5.41) is 0. The molecule has 0 aliphatic heterocycles. The van der Waals surface area contributed by atoms with Crippen molar-refractivity contribution in [3.63, 3.8) is 0 Å². The summed E-state index contributed by atoms with van der Waals surface area (Å²) in [7, 11) is 0. The molecule has 2 aliphatic carbocycles. The summed E-state index contributed by atoms with van der Waals surface area (Å²) >= 11 is 0. The van der Waals surface area contributed by atoms with Gasteiger partial charge in [-0.2, -0.15) is 0 Å². The lowest BCUT2D eigenvalue weighted by molar-refractivity contribution is 0.303. The second kappa shape index (κ2) is 12.8. The molecule has 0 aromatic heterocycles. The fourth-order valence-corrected chi connectivity index (χ4v) is 5.85. The quantitative estimate of drug-likeness (QED) is 0.294. The van der Waals surface area contributed by atoms with Crippen LogP contribution in [-0.4, -0.2) is 0 Å². The Hall–Kier alpha value is -2.62. The van der Waals surface area contributed by atoms with Gasteiger partial charge in [0.25, 0.3) is 0 Å². The number of hydrogen-bond donors (Lipinski definition) is 0. The van der Waals surface area contributed by atoms with E-state index in [9.17, 15) is 8.78 Å². The number of halogens is 4. The minimum atomic E-state index is -0.802. The lowest BCUT2D eigenvalue weighted by atomic mass is 9.77. The Kier molecular flexibility index (Phi) is 9.45. The van der Waals surface area contributed by atoms with E-state index in [4.69, 9.17) is 0 Å². The molecule has 2 aliphatic rings. The van der Waals surface area contributed by atoms with Crippen molar-refractivity contribution in [3.05, 3.63) is 88.5 Å². The molecule has 0 N–H and O–H groups in total. The summed E-state index contributed by atoms with van der Waals surface area (Å²) in [5.74, 6) is -2.54. The zero-order chi connectivity index (χ0) is 26.4. The van der Waals surface area contributed by atoms with Crippen LogP contribution in [0.2, 0.25) is 0 Å². The topological polar surface area (TPSA) is 0 Å². The second-order valence-corrected chi connectivity index (χ2v) is 10.7. The Morgan fingerprint density at radius 1 is 0.784 bits per heavy atom. The van der Waals surface area contributed by atoms with Crippen molar-refractivity contribution in [3.8, 4) is 11.1 Å². The highest BCUT2D eigenvalue weighted by Gasteiger charge is 2.26. The van der Waals surface area contributed by atoms with E-state index in [-0.39, 0.29) is 23.0 Å². The molecule has 1 unspecified atom stereocenters. The van der Waals surface area contributed by atoms with Crippen molar-refractivity contribution in [1.29, 1.82) is 0 Å². The Labute approximate surface area is 219 Å². The average molecular weight is 511 g/mol. The van der Waals surface area contributed by atoms with Crippen molar-refractivity contribution >= 4 is 6.08 Å². The minimum absolute atomic E-state index is 0.0828. The first-order chi connectivity index (χ1) is 17.9. The second-order valence-electron chi connectivity index (χ2n) is 10.7. The van der Waals surface area contributed by atoms with Crippen molar-refractivity contribution in [1.82, 2.24) is 0 Å². The standard InChI is InChI=1S/C33H38F4/c1-3-5-7-26-18-19-27(31(35)30(26)34)17-12-23-10-15-25(16-11-23)29-21-20-28(32(36)33(29)37)24-13-8-22(6-4-2)9-14-24/h10-12,15-17,19-22,24,26H,3-9,13-14,18H2,1-2H3/b17-12+. The molecular weight excluding hydrogens is 472 g/mol. The molecule has 0 radical (unpaired) electrons. The Bertz CT molecular complexity index is 1150. The fourth-order valence-electron chi connectivity index (χ4n) is 5.85. The van der Waals surface area contributed by atoms with Gasteiger partial charge in [0.05, 0.1) is 0 Å². The van der Waals surface area contributed by atoms with Crippen LogP contribution in [-0.2, 0) is 0 Å². The zero-order valence-electron chi connectivity index (χ0n) is 22.0. The first kappa shape index (κ1) is 27.4. The molecule has 4 heteroatoms. The van der Waals surface area contributed by atoms with E-state index in [2.05, 4.69) is 6.92 Å². The highest BCUT2D eigenvalue weighted by molar-refractivity contribution is 5.67. The third-order valence-corrected chi connectivity index (χ3v) is 8.12. The van der Waals surface area contributed by atoms with Gasteiger partial charge in [-0.3, -0.25) is 0 Å². The maximum Gasteiger partial charge on any atom is 0.166 e. The fraction of sp³-hybridized carbons (Fsp3) is 0.455. The van der Waals surface area contributed by atoms with Gasteiger partial charge in [-0.25, -0.2) is 17.6 Å². The Morgan fingerprint density at radius 2 is 1.51 bits per heavy atom. The first-order valence-electron chi connectivity index (χ1n) is 13.9. The third kappa shape index (κ3) is 6.45. The lowest BCUT2D eigenvalue weighted by Crippen LogP contribution is -2.14. The highest BCUT2D eigenvalue weighted by Crippen LogP contribution is 2.40. The van der Waals surface area contributed by atoms with Crippen molar-refractivity contribution in [2.24, 2.45) is 11.8 Å². The SMILES string of the molecule is CCCCC1CC=C(/C=C/c2ccc(-c3ccc(C4CCC(CCC)CC4)c(F)c3F)cc2)C(F)=C1F. The van der Waals surface area contributed by atoms with Crippen LogP contribution in [0, 0.1) is 23.5 Å². The van der Waals surface area contributed by atoms with E-state index in [1.807, 2.05) is 6.92 Å². The largest absolute Gasteiger partial charge is 0.208 e. The zero-order valence-corrected chi connectivity index (χ0v) is 22.0. The number of allylic oxidation sites excluding steroid dienone is 5. The minimum Gasteiger partial charge on any atom is -0.208 e. The van der Waals surface area contributed by atoms with E-state index in [0.29, 0.717) is 29.9 Å². The van der Waals surface area contributed by atoms with E-state index in [1.165, 1.54) is 12.8 Å². The third-order valence-electron chi connectivity index (χ3n) is 8.12. The van der Waals surface area contributed by atoms with Gasteiger partial charge in [0.1, 0.15) is 5.83 Å². The van der Waals surface area contributed by atoms with Crippen LogP contribution in [0.1, 0.15) is 95.1 Å². The summed E-state index contributed by atoms with van der Waals surface area (Å²) in [6, 6.07) is 10.4. The predicted molar refractivity (Wildman–Crippen MR) is 145 cm³/mol. The van der Waals surface area contributed by atoms with Gasteiger partial charge in [0.2, 0.25) is 0 Å². The predicted octanol–water partition coefficient (Wildman–Crippen LogP) is 11.0. The molecule has 37 heavy (non-hydrogen) atoms. The molecule has 1 saturated carbocycles. The number of rotatable bonds is 9. The van der Waals surface area contributed by atoms with Gasteiger partial charge in [-0.1, -0.05) is 94.2 Å². The molecule has 2 aromatic rings. The van der Waals surface area contributed by atoms with E-state index < -0.39 is 23.3 Å². The molecule has 0 saturated heterocycles. The highest BCUT2D eigenvalue weighted by atomic mass is 19.2. The maximum absolute atomic E-state index is 15.1. The summed E-state index contributed by atoms with van der Waals surface area (Å²) in [4.78, 5) is 0. The molecule has 198 valence electrons. The van der Waals surface area contributed by atoms with Crippen LogP contribution < -0.4 is 0 Å². The Morgan fingerprint density at radius 3 is 2.19 bits per heavy atom. The number of benzene rings is 2. The maximum atomic E-state index is 15.1. The van der Waals surface area contributed by atoms with Gasteiger partial charge in [0.15, 0.2) is 17.5 Å². The first-order valence-corrected chi connectivity index (χ1v) is 13.9. The average Bonchev–Trinajstić information content (AvgIpc) is 2.92. The monoisotopic (exact) mass is 510 g/mol. The molecule has 1 fully saturated rings. The molecule has 0 bridgehead atoms. The van der Waals surface area contributed by atoms with Crippen molar-refractivity contribution in [2.45, 2.75) is 84.0 Å². The van der Waals surface area contributed by atoms with E-state index in [1.54, 1.807) is 54.6 Å². The number of unbranched alkanes of at least 4 members (excludes halogenated alkanes) is 1. The van der Waals surface area contributed by atoms with Crippen molar-refractivity contribution in [2.75, 3.05) is 0 Å². The molecule has 2 aromatic carbocycles. The van der Waals surface area contributed by atoms with Crippen LogP contribution >= 0.6 is 0 Å². The van der Waals surface area contributed by atoms with Crippen LogP contribution in [0.4, 0.5) is 17.6 Å². The summed E-state index contributed by atoms with van der Waals surface area (Å²) < 4.78 is 59.1. The van der Waals surface area contributed by atoms with E-state index in [0.717, 1.165) is 44.1 Å². The molecule has 4 rings (SSSR count). The van der Waals surface area contributed by atoms with Crippen LogP contribution in [0.15, 0.2) is 65.8 Å². The molecule has 0 spiro atoms. The van der Waals surface area contributed by atoms with E-state index >= 15 is 8.78 Å². The summed E-state index contributed by atoms with van der Waals surface area (Å²) in [6.07, 6.45) is 14.4. The number of hydrogen-bond acceptors (Lipinski definition) is 0.